The van der Waals surface area contributed by atoms with Crippen LogP contribution in [0.2, 0.25) is 0 Å². The van der Waals surface area contributed by atoms with Gasteiger partial charge in [-0.1, -0.05) is 41.1 Å². The second kappa shape index (κ2) is 5.20. The van der Waals surface area contributed by atoms with Gasteiger partial charge in [-0.05, 0) is 30.5 Å². The lowest BCUT2D eigenvalue weighted by atomic mass is 10.1. The molecule has 96 valence electrons. The van der Waals surface area contributed by atoms with Crippen LogP contribution in [0.3, 0.4) is 0 Å². The van der Waals surface area contributed by atoms with Crippen LogP contribution in [0.25, 0.3) is 5.69 Å². The van der Waals surface area contributed by atoms with E-state index < -0.39 is 0 Å². The molecule has 18 heavy (non-hydrogen) atoms. The number of benzene rings is 1. The maximum Gasteiger partial charge on any atom is 0.112 e. The molecule has 1 aromatic carbocycles. The Hall–Kier alpha value is -1.20. The number of aliphatic hydroxyl groups excluding tert-OH is 1. The molecule has 1 aromatic heterocycles. The van der Waals surface area contributed by atoms with Gasteiger partial charge in [0.25, 0.3) is 0 Å². The summed E-state index contributed by atoms with van der Waals surface area (Å²) >= 11 is 3.52. The van der Waals surface area contributed by atoms with E-state index in [4.69, 9.17) is 0 Å². The van der Waals surface area contributed by atoms with Crippen molar-refractivity contribution in [2.45, 2.75) is 33.3 Å². The van der Waals surface area contributed by atoms with Gasteiger partial charge in [0, 0.05) is 4.47 Å². The smallest absolute Gasteiger partial charge is 0.112 e. The van der Waals surface area contributed by atoms with Crippen molar-refractivity contribution in [1.82, 2.24) is 15.0 Å². The Bertz CT molecular complexity index is 563. The summed E-state index contributed by atoms with van der Waals surface area (Å²) < 4.78 is 2.83. The zero-order chi connectivity index (χ0) is 13.3. The predicted molar refractivity (Wildman–Crippen MR) is 73.8 cm³/mol. The minimum absolute atomic E-state index is 0.0828. The molecule has 0 bridgehead atoms. The molecule has 0 saturated carbocycles. The highest BCUT2D eigenvalue weighted by molar-refractivity contribution is 9.10. The van der Waals surface area contributed by atoms with Crippen LogP contribution in [0.1, 0.15) is 36.7 Å². The van der Waals surface area contributed by atoms with Crippen LogP contribution in [0.4, 0.5) is 0 Å². The Labute approximate surface area is 115 Å². The monoisotopic (exact) mass is 309 g/mol. The summed E-state index contributed by atoms with van der Waals surface area (Å²) in [7, 11) is 0. The summed E-state index contributed by atoms with van der Waals surface area (Å²) in [5.41, 5.74) is 3.71. The van der Waals surface area contributed by atoms with Crippen molar-refractivity contribution in [1.29, 1.82) is 0 Å². The highest BCUT2D eigenvalue weighted by Gasteiger charge is 2.16. The largest absolute Gasteiger partial charge is 0.390 e. The van der Waals surface area contributed by atoms with Gasteiger partial charge in [0.2, 0.25) is 0 Å². The maximum atomic E-state index is 9.30. The van der Waals surface area contributed by atoms with Crippen molar-refractivity contribution in [3.63, 3.8) is 0 Å². The van der Waals surface area contributed by atoms with Gasteiger partial charge >= 0.3 is 0 Å². The molecule has 0 spiro atoms. The minimum atomic E-state index is -0.0828. The average molecular weight is 310 g/mol. The lowest BCUT2D eigenvalue weighted by Gasteiger charge is -2.11. The first-order valence-electron chi connectivity index (χ1n) is 5.86. The number of aliphatic hydroxyl groups is 1. The molecule has 0 amide bonds. The zero-order valence-corrected chi connectivity index (χ0v) is 12.3. The lowest BCUT2D eigenvalue weighted by molar-refractivity contribution is 0.275. The van der Waals surface area contributed by atoms with Gasteiger partial charge in [-0.15, -0.1) is 5.10 Å². The Morgan fingerprint density at radius 2 is 2.11 bits per heavy atom. The second-order valence-corrected chi connectivity index (χ2v) is 5.43. The fraction of sp³-hybridized carbons (Fsp3) is 0.385. The third kappa shape index (κ3) is 2.33. The Morgan fingerprint density at radius 1 is 1.39 bits per heavy atom. The SMILES string of the molecule is Cc1ccc(-n2nnc(CO)c2C(C)C)cc1Br. The maximum absolute atomic E-state index is 9.30. The second-order valence-electron chi connectivity index (χ2n) is 4.58. The third-order valence-corrected chi connectivity index (χ3v) is 3.73. The normalized spacial score (nSPS) is 11.2. The van der Waals surface area contributed by atoms with E-state index in [1.54, 1.807) is 4.68 Å². The van der Waals surface area contributed by atoms with Crippen molar-refractivity contribution in [3.05, 3.63) is 39.6 Å². The van der Waals surface area contributed by atoms with Crippen molar-refractivity contribution in [3.8, 4) is 5.69 Å². The van der Waals surface area contributed by atoms with E-state index >= 15 is 0 Å². The Morgan fingerprint density at radius 3 is 2.67 bits per heavy atom. The average Bonchev–Trinajstić information content (AvgIpc) is 2.76. The molecule has 0 unspecified atom stereocenters. The molecule has 0 aliphatic rings. The van der Waals surface area contributed by atoms with Crippen molar-refractivity contribution < 1.29 is 5.11 Å². The van der Waals surface area contributed by atoms with Crippen LogP contribution < -0.4 is 0 Å². The number of aryl methyl sites for hydroxylation is 1. The molecular formula is C13H16BrN3O. The number of nitrogens with zero attached hydrogens (tertiary/aromatic N) is 3. The number of halogens is 1. The van der Waals surface area contributed by atoms with Crippen molar-refractivity contribution in [2.24, 2.45) is 0 Å². The summed E-state index contributed by atoms with van der Waals surface area (Å²) in [6.07, 6.45) is 0. The first-order chi connectivity index (χ1) is 8.54. The van der Waals surface area contributed by atoms with E-state index in [0.717, 1.165) is 15.9 Å². The lowest BCUT2D eigenvalue weighted by Crippen LogP contribution is -2.05. The number of aromatic nitrogens is 3. The number of rotatable bonds is 3. The minimum Gasteiger partial charge on any atom is -0.390 e. The molecule has 2 aromatic rings. The molecule has 0 aliphatic carbocycles. The molecule has 1 N–H and O–H groups in total. The summed E-state index contributed by atoms with van der Waals surface area (Å²) in [6, 6.07) is 6.04. The van der Waals surface area contributed by atoms with Gasteiger partial charge in [0.15, 0.2) is 0 Å². The molecule has 2 rings (SSSR count). The Balaban J connectivity index is 2.56. The van der Waals surface area contributed by atoms with Crippen LogP contribution in [0.5, 0.6) is 0 Å². The fourth-order valence-electron chi connectivity index (χ4n) is 1.92. The topological polar surface area (TPSA) is 50.9 Å². The third-order valence-electron chi connectivity index (χ3n) is 2.88. The highest BCUT2D eigenvalue weighted by Crippen LogP contribution is 2.24. The van der Waals surface area contributed by atoms with Gasteiger partial charge in [0.05, 0.1) is 18.0 Å². The van der Waals surface area contributed by atoms with Crippen molar-refractivity contribution in [2.75, 3.05) is 0 Å². The van der Waals surface area contributed by atoms with E-state index in [-0.39, 0.29) is 12.5 Å². The first kappa shape index (κ1) is 13.2. The van der Waals surface area contributed by atoms with Gasteiger partial charge in [-0.3, -0.25) is 0 Å². The van der Waals surface area contributed by atoms with Crippen LogP contribution >= 0.6 is 15.9 Å². The van der Waals surface area contributed by atoms with Gasteiger partial charge in [0.1, 0.15) is 5.69 Å². The summed E-state index contributed by atoms with van der Waals surface area (Å²) in [5.74, 6) is 0.252. The van der Waals surface area contributed by atoms with Crippen LogP contribution in [-0.4, -0.2) is 20.1 Å². The first-order valence-corrected chi connectivity index (χ1v) is 6.65. The van der Waals surface area contributed by atoms with Gasteiger partial charge in [-0.25, -0.2) is 4.68 Å². The molecule has 5 heteroatoms. The number of hydrogen-bond acceptors (Lipinski definition) is 3. The molecule has 0 atom stereocenters. The van der Waals surface area contributed by atoms with Gasteiger partial charge < -0.3 is 5.11 Å². The molecular weight excluding hydrogens is 294 g/mol. The summed E-state index contributed by atoms with van der Waals surface area (Å²) in [4.78, 5) is 0. The van der Waals surface area contributed by atoms with E-state index in [2.05, 4.69) is 40.1 Å². The van der Waals surface area contributed by atoms with Crippen LogP contribution in [0.15, 0.2) is 22.7 Å². The van der Waals surface area contributed by atoms with E-state index in [0.29, 0.717) is 5.69 Å². The van der Waals surface area contributed by atoms with E-state index in [1.165, 1.54) is 5.56 Å². The van der Waals surface area contributed by atoms with Crippen LogP contribution in [-0.2, 0) is 6.61 Å². The summed E-state index contributed by atoms with van der Waals surface area (Å²) in [5, 5.41) is 17.5. The Kier molecular flexibility index (Phi) is 3.82. The van der Waals surface area contributed by atoms with E-state index in [9.17, 15) is 5.11 Å². The molecule has 0 aliphatic heterocycles. The molecule has 4 nitrogen and oxygen atoms in total. The summed E-state index contributed by atoms with van der Waals surface area (Å²) in [6.45, 7) is 6.09. The zero-order valence-electron chi connectivity index (χ0n) is 10.7. The standard InChI is InChI=1S/C13H16BrN3O/c1-8(2)13-12(7-18)15-16-17(13)10-5-4-9(3)11(14)6-10/h4-6,8,18H,7H2,1-3H3. The van der Waals surface area contributed by atoms with Crippen molar-refractivity contribution >= 4 is 15.9 Å². The van der Waals surface area contributed by atoms with Crippen LogP contribution in [0, 0.1) is 6.92 Å². The molecule has 0 radical (unpaired) electrons. The van der Waals surface area contributed by atoms with Gasteiger partial charge in [-0.2, -0.15) is 0 Å². The number of hydrogen-bond donors (Lipinski definition) is 1. The molecule has 0 fully saturated rings. The highest BCUT2D eigenvalue weighted by atomic mass is 79.9. The predicted octanol–water partition coefficient (Wildman–Crippen LogP) is 2.95. The quantitative estimate of drug-likeness (QED) is 0.948. The molecule has 0 saturated heterocycles. The molecule has 1 heterocycles. The fourth-order valence-corrected chi connectivity index (χ4v) is 2.28. The van der Waals surface area contributed by atoms with E-state index in [1.807, 2.05) is 25.1 Å².